The van der Waals surface area contributed by atoms with E-state index in [-0.39, 0.29) is 12.6 Å². The molecule has 1 aromatic rings. The van der Waals surface area contributed by atoms with Gasteiger partial charge in [-0.05, 0) is 37.5 Å². The van der Waals surface area contributed by atoms with Gasteiger partial charge in [0.05, 0.1) is 5.60 Å². The summed E-state index contributed by atoms with van der Waals surface area (Å²) in [6, 6.07) is 6.53. The lowest BCUT2D eigenvalue weighted by Crippen LogP contribution is -2.48. The van der Waals surface area contributed by atoms with Crippen molar-refractivity contribution < 1.29 is 14.1 Å². The van der Waals surface area contributed by atoms with Gasteiger partial charge in [-0.1, -0.05) is 6.07 Å². The summed E-state index contributed by atoms with van der Waals surface area (Å²) in [4.78, 5) is 12.3. The second-order valence-electron chi connectivity index (χ2n) is 4.87. The van der Waals surface area contributed by atoms with Gasteiger partial charge in [0.2, 0.25) is 0 Å². The maximum atomic E-state index is 11.7. The number of rotatable bonds is 4. The highest BCUT2D eigenvalue weighted by Crippen LogP contribution is 2.30. The molecule has 104 valence electrons. The number of anilines is 1. The lowest BCUT2D eigenvalue weighted by molar-refractivity contribution is -0.0287. The Kier molecular flexibility index (Phi) is 4.21. The minimum absolute atomic E-state index is 0.262. The molecule has 2 rings (SSSR count). The Labute approximate surface area is 114 Å². The molecule has 0 aromatic heterocycles. The Bertz CT molecular complexity index is 500. The number of nitrogens with one attached hydrogen (secondary N) is 2. The largest absolute Gasteiger partial charge is 0.388 e. The number of urea groups is 1. The molecule has 0 spiro atoms. The van der Waals surface area contributed by atoms with Crippen LogP contribution < -0.4 is 10.6 Å². The van der Waals surface area contributed by atoms with Crippen molar-refractivity contribution in [3.05, 3.63) is 24.3 Å². The van der Waals surface area contributed by atoms with E-state index in [0.29, 0.717) is 10.6 Å². The van der Waals surface area contributed by atoms with Crippen LogP contribution in [0.2, 0.25) is 0 Å². The van der Waals surface area contributed by atoms with Gasteiger partial charge >= 0.3 is 6.03 Å². The summed E-state index contributed by atoms with van der Waals surface area (Å²) in [5.41, 5.74) is -0.143. The highest BCUT2D eigenvalue weighted by Gasteiger charge is 2.34. The zero-order valence-corrected chi connectivity index (χ0v) is 11.6. The summed E-state index contributed by atoms with van der Waals surface area (Å²) < 4.78 is 11.3. The van der Waals surface area contributed by atoms with Gasteiger partial charge in [-0.3, -0.25) is 4.21 Å². The fourth-order valence-electron chi connectivity index (χ4n) is 1.93. The lowest BCUT2D eigenvalue weighted by Gasteiger charge is -2.36. The van der Waals surface area contributed by atoms with Gasteiger partial charge < -0.3 is 15.7 Å². The predicted molar refractivity (Wildman–Crippen MR) is 74.6 cm³/mol. The van der Waals surface area contributed by atoms with Crippen LogP contribution in [-0.2, 0) is 10.8 Å². The first-order valence-electron chi connectivity index (χ1n) is 6.19. The van der Waals surface area contributed by atoms with E-state index in [2.05, 4.69) is 10.6 Å². The van der Waals surface area contributed by atoms with Crippen molar-refractivity contribution in [3.8, 4) is 0 Å². The molecule has 3 N–H and O–H groups in total. The summed E-state index contributed by atoms with van der Waals surface area (Å²) in [6.45, 7) is 0.262. The van der Waals surface area contributed by atoms with Crippen LogP contribution in [0.4, 0.5) is 10.5 Å². The summed E-state index contributed by atoms with van der Waals surface area (Å²) in [5, 5.41) is 15.2. The molecule has 2 amide bonds. The van der Waals surface area contributed by atoms with Gasteiger partial charge in [0, 0.05) is 34.2 Å². The quantitative estimate of drug-likeness (QED) is 0.782. The van der Waals surface area contributed by atoms with Crippen LogP contribution in [0, 0.1) is 0 Å². The van der Waals surface area contributed by atoms with E-state index >= 15 is 0 Å². The Balaban J connectivity index is 1.88. The smallest absolute Gasteiger partial charge is 0.319 e. The molecule has 0 radical (unpaired) electrons. The van der Waals surface area contributed by atoms with Crippen LogP contribution >= 0.6 is 0 Å². The summed E-state index contributed by atoms with van der Waals surface area (Å²) in [7, 11) is -1.08. The molecular formula is C13H18N2O3S. The van der Waals surface area contributed by atoms with Crippen molar-refractivity contribution in [1.82, 2.24) is 5.32 Å². The van der Waals surface area contributed by atoms with Crippen molar-refractivity contribution in [2.24, 2.45) is 0 Å². The van der Waals surface area contributed by atoms with Crippen LogP contribution in [0.1, 0.15) is 19.3 Å². The van der Waals surface area contributed by atoms with Crippen LogP contribution in [-0.4, -0.2) is 33.7 Å². The lowest BCUT2D eigenvalue weighted by atomic mass is 9.80. The second-order valence-corrected chi connectivity index (χ2v) is 6.25. The van der Waals surface area contributed by atoms with E-state index in [4.69, 9.17) is 0 Å². The van der Waals surface area contributed by atoms with Crippen LogP contribution in [0.5, 0.6) is 0 Å². The minimum Gasteiger partial charge on any atom is -0.388 e. The van der Waals surface area contributed by atoms with Crippen molar-refractivity contribution in [1.29, 1.82) is 0 Å². The number of aliphatic hydroxyl groups is 1. The minimum atomic E-state index is -1.08. The molecule has 1 unspecified atom stereocenters. The molecular weight excluding hydrogens is 264 g/mol. The van der Waals surface area contributed by atoms with Gasteiger partial charge in [-0.2, -0.15) is 0 Å². The van der Waals surface area contributed by atoms with Gasteiger partial charge in [0.25, 0.3) is 0 Å². The molecule has 5 nitrogen and oxygen atoms in total. The van der Waals surface area contributed by atoms with Crippen LogP contribution in [0.15, 0.2) is 29.2 Å². The number of carbonyl (C=O) groups excluding carboxylic acids is 1. The number of benzene rings is 1. The van der Waals surface area contributed by atoms with E-state index in [0.717, 1.165) is 19.3 Å². The van der Waals surface area contributed by atoms with Gasteiger partial charge in [-0.25, -0.2) is 4.79 Å². The molecule has 1 aliphatic carbocycles. The number of carbonyl (C=O) groups is 1. The van der Waals surface area contributed by atoms with E-state index < -0.39 is 16.4 Å². The molecule has 1 aliphatic rings. The third-order valence-corrected chi connectivity index (χ3v) is 4.20. The van der Waals surface area contributed by atoms with Crippen molar-refractivity contribution >= 4 is 22.5 Å². The zero-order chi connectivity index (χ0) is 13.9. The molecule has 0 aliphatic heterocycles. The van der Waals surface area contributed by atoms with E-state index in [1.165, 1.54) is 0 Å². The Hall–Kier alpha value is -1.40. The van der Waals surface area contributed by atoms with E-state index in [1.807, 2.05) is 0 Å². The molecule has 19 heavy (non-hydrogen) atoms. The van der Waals surface area contributed by atoms with Crippen molar-refractivity contribution in [3.63, 3.8) is 0 Å². The molecule has 1 fully saturated rings. The molecule has 0 bridgehead atoms. The molecule has 6 heteroatoms. The van der Waals surface area contributed by atoms with Crippen molar-refractivity contribution in [2.45, 2.75) is 29.8 Å². The topological polar surface area (TPSA) is 78.4 Å². The first-order chi connectivity index (χ1) is 8.98. The average molecular weight is 282 g/mol. The van der Waals surface area contributed by atoms with Crippen LogP contribution in [0.3, 0.4) is 0 Å². The summed E-state index contributed by atoms with van der Waals surface area (Å²) in [6.07, 6.45) is 4.06. The molecule has 1 atom stereocenters. The van der Waals surface area contributed by atoms with E-state index in [9.17, 15) is 14.1 Å². The summed E-state index contributed by atoms with van der Waals surface area (Å²) in [5.74, 6) is 0. The number of hydrogen-bond donors (Lipinski definition) is 3. The van der Waals surface area contributed by atoms with E-state index in [1.54, 1.807) is 30.5 Å². The number of amides is 2. The van der Waals surface area contributed by atoms with Crippen LogP contribution in [0.25, 0.3) is 0 Å². The van der Waals surface area contributed by atoms with Gasteiger partial charge in [-0.15, -0.1) is 0 Å². The highest BCUT2D eigenvalue weighted by molar-refractivity contribution is 7.84. The fraction of sp³-hybridized carbons (Fsp3) is 0.462. The predicted octanol–water partition coefficient (Wildman–Crippen LogP) is 1.46. The van der Waals surface area contributed by atoms with Gasteiger partial charge in [0.1, 0.15) is 0 Å². The monoisotopic (exact) mass is 282 g/mol. The number of hydrogen-bond acceptors (Lipinski definition) is 3. The molecule has 0 saturated heterocycles. The standard InChI is InChI=1S/C13H18N2O3S/c1-19(18)11-5-2-4-10(8-11)15-12(16)14-9-13(17)6-3-7-13/h2,4-5,8,17H,3,6-7,9H2,1H3,(H2,14,15,16). The third kappa shape index (κ3) is 3.78. The van der Waals surface area contributed by atoms with Crippen molar-refractivity contribution in [2.75, 3.05) is 18.1 Å². The zero-order valence-electron chi connectivity index (χ0n) is 10.8. The third-order valence-electron chi connectivity index (χ3n) is 3.29. The average Bonchev–Trinajstić information content (AvgIpc) is 2.34. The highest BCUT2D eigenvalue weighted by atomic mass is 32.2. The van der Waals surface area contributed by atoms with Gasteiger partial charge in [0.15, 0.2) is 0 Å². The maximum absolute atomic E-state index is 11.7. The molecule has 0 heterocycles. The maximum Gasteiger partial charge on any atom is 0.319 e. The second kappa shape index (κ2) is 5.71. The first kappa shape index (κ1) is 14.0. The molecule has 1 aromatic carbocycles. The normalized spacial score (nSPS) is 18.2. The Morgan fingerprint density at radius 3 is 2.79 bits per heavy atom. The molecule has 1 saturated carbocycles. The Morgan fingerprint density at radius 2 is 2.21 bits per heavy atom. The summed E-state index contributed by atoms with van der Waals surface area (Å²) >= 11 is 0. The SMILES string of the molecule is CS(=O)c1cccc(NC(=O)NCC2(O)CCC2)c1. The first-order valence-corrected chi connectivity index (χ1v) is 7.75. The fourth-order valence-corrected chi connectivity index (χ4v) is 2.50. The Morgan fingerprint density at radius 1 is 1.47 bits per heavy atom.